The molecule has 0 bridgehead atoms. The van der Waals surface area contributed by atoms with E-state index < -0.39 is 27.9 Å². The van der Waals surface area contributed by atoms with E-state index >= 15 is 0 Å². The second-order valence-electron chi connectivity index (χ2n) is 12.7. The van der Waals surface area contributed by atoms with Gasteiger partial charge >= 0.3 is 0 Å². The molecule has 4 aromatic rings. The van der Waals surface area contributed by atoms with Crippen LogP contribution in [0, 0.1) is 25.5 Å². The lowest BCUT2D eigenvalue weighted by molar-refractivity contribution is 0.104. The highest BCUT2D eigenvalue weighted by molar-refractivity contribution is 7.86. The summed E-state index contributed by atoms with van der Waals surface area (Å²) in [7, 11) is -1.89. The quantitative estimate of drug-likeness (QED) is 0.124. The fourth-order valence-electron chi connectivity index (χ4n) is 5.57. The van der Waals surface area contributed by atoms with E-state index in [1.54, 1.807) is 27.0 Å². The fraction of sp³-hybridized carbons (Fsp3) is 0.368. The summed E-state index contributed by atoms with van der Waals surface area (Å²) in [6.07, 6.45) is -0.469. The van der Waals surface area contributed by atoms with Crippen LogP contribution in [-0.4, -0.2) is 51.5 Å². The van der Waals surface area contributed by atoms with Crippen molar-refractivity contribution in [2.75, 3.05) is 26.0 Å². The van der Waals surface area contributed by atoms with Crippen molar-refractivity contribution in [3.8, 4) is 34.1 Å². The van der Waals surface area contributed by atoms with Crippen LogP contribution in [0.15, 0.2) is 66.7 Å². The molecule has 0 saturated carbocycles. The summed E-state index contributed by atoms with van der Waals surface area (Å²) in [4.78, 5) is 1.84. The summed E-state index contributed by atoms with van der Waals surface area (Å²) in [6, 6.07) is 19.0. The Bertz CT molecular complexity index is 1900. The molecule has 0 N–H and O–H groups in total. The second kappa shape index (κ2) is 15.6. The molecule has 1 atom stereocenters. The molecule has 1 aliphatic rings. The molecule has 4 aromatic carbocycles. The molecule has 1 aliphatic heterocycles. The zero-order valence-corrected chi connectivity index (χ0v) is 29.5. The van der Waals surface area contributed by atoms with Crippen LogP contribution in [0.25, 0.3) is 11.1 Å². The Morgan fingerprint density at radius 2 is 1.65 bits per heavy atom. The highest BCUT2D eigenvalue weighted by Crippen LogP contribution is 2.38. The van der Waals surface area contributed by atoms with Gasteiger partial charge in [0, 0.05) is 36.3 Å². The van der Waals surface area contributed by atoms with E-state index in [-0.39, 0.29) is 37.2 Å². The number of fused-ring (bicyclic) bond motifs is 1. The third-order valence-corrected chi connectivity index (χ3v) is 9.50. The molecule has 5 rings (SSSR count). The van der Waals surface area contributed by atoms with E-state index in [1.807, 2.05) is 55.1 Å². The lowest BCUT2D eigenvalue weighted by atomic mass is 9.96. The molecule has 0 aliphatic carbocycles. The van der Waals surface area contributed by atoms with Crippen molar-refractivity contribution in [2.24, 2.45) is 0 Å². The molecule has 11 heteroatoms. The van der Waals surface area contributed by atoms with Crippen LogP contribution in [0.4, 0.5) is 8.78 Å². The van der Waals surface area contributed by atoms with Crippen LogP contribution in [0.5, 0.6) is 23.0 Å². The van der Waals surface area contributed by atoms with Gasteiger partial charge in [0.25, 0.3) is 10.1 Å². The Balaban J connectivity index is 1.36. The monoisotopic (exact) mass is 695 g/mol. The van der Waals surface area contributed by atoms with Crippen LogP contribution in [-0.2, 0) is 34.1 Å². The van der Waals surface area contributed by atoms with Gasteiger partial charge in [0.2, 0.25) is 0 Å². The van der Waals surface area contributed by atoms with E-state index in [4.69, 9.17) is 23.1 Å². The Labute approximate surface area is 287 Å². The maximum atomic E-state index is 14.5. The molecular formula is C38H43F2NO7S. The first-order valence-electron chi connectivity index (χ1n) is 16.2. The van der Waals surface area contributed by atoms with E-state index in [0.29, 0.717) is 24.7 Å². The van der Waals surface area contributed by atoms with E-state index in [1.165, 1.54) is 12.1 Å². The molecule has 0 spiro atoms. The third-order valence-electron chi connectivity index (χ3n) is 8.14. The number of aryl methyl sites for hydroxylation is 1. The van der Waals surface area contributed by atoms with Crippen molar-refractivity contribution < 1.29 is 40.3 Å². The maximum Gasteiger partial charge on any atom is 0.268 e. The first-order valence-corrected chi connectivity index (χ1v) is 17.8. The predicted octanol–water partition coefficient (Wildman–Crippen LogP) is 7.75. The van der Waals surface area contributed by atoms with Gasteiger partial charge in [-0.05, 0) is 99.8 Å². The minimum Gasteiger partial charge on any atom is -0.488 e. The van der Waals surface area contributed by atoms with E-state index in [0.717, 1.165) is 50.9 Å². The molecule has 49 heavy (non-hydrogen) atoms. The SMILES string of the molecule is Cc1cc(CN(C)CCS(=O)(=O)OC(C)C)c(OCc2ccc(F)cc2F)cc1OCc1cccc(-c2ccc3c(c2)O[C@H](C)CO3)c1C. The Hall–Kier alpha value is -4.19. The molecule has 0 unspecified atom stereocenters. The Morgan fingerprint density at radius 1 is 0.898 bits per heavy atom. The van der Waals surface area contributed by atoms with Gasteiger partial charge in [-0.25, -0.2) is 8.78 Å². The van der Waals surface area contributed by atoms with Gasteiger partial charge in [-0.15, -0.1) is 0 Å². The molecule has 0 amide bonds. The second-order valence-corrected chi connectivity index (χ2v) is 14.4. The maximum absolute atomic E-state index is 14.5. The number of nitrogens with zero attached hydrogens (tertiary/aromatic N) is 1. The lowest BCUT2D eigenvalue weighted by Crippen LogP contribution is -2.27. The van der Waals surface area contributed by atoms with E-state index in [2.05, 4.69) is 13.0 Å². The van der Waals surface area contributed by atoms with Crippen molar-refractivity contribution in [1.29, 1.82) is 0 Å². The lowest BCUT2D eigenvalue weighted by Gasteiger charge is -2.24. The van der Waals surface area contributed by atoms with Crippen LogP contribution < -0.4 is 18.9 Å². The number of rotatable bonds is 14. The average Bonchev–Trinajstić information content (AvgIpc) is 3.03. The third kappa shape index (κ3) is 9.49. The number of halogens is 2. The minimum atomic E-state index is -3.69. The summed E-state index contributed by atoms with van der Waals surface area (Å²) in [6.45, 7) is 10.5. The van der Waals surface area contributed by atoms with Crippen molar-refractivity contribution >= 4 is 10.1 Å². The van der Waals surface area contributed by atoms with Gasteiger partial charge in [-0.2, -0.15) is 8.42 Å². The summed E-state index contributed by atoms with van der Waals surface area (Å²) < 4.78 is 81.9. The number of ether oxygens (including phenoxy) is 4. The Morgan fingerprint density at radius 3 is 2.41 bits per heavy atom. The van der Waals surface area contributed by atoms with Crippen molar-refractivity contribution in [3.05, 3.63) is 106 Å². The van der Waals surface area contributed by atoms with Crippen LogP contribution >= 0.6 is 0 Å². The number of benzene rings is 4. The molecule has 262 valence electrons. The molecule has 0 saturated heterocycles. The van der Waals surface area contributed by atoms with Crippen molar-refractivity contribution in [2.45, 2.75) is 66.6 Å². The predicted molar refractivity (Wildman–Crippen MR) is 185 cm³/mol. The summed E-state index contributed by atoms with van der Waals surface area (Å²) in [5.41, 5.74) is 5.89. The smallest absolute Gasteiger partial charge is 0.268 e. The molecule has 1 heterocycles. The minimum absolute atomic E-state index is 0.0253. The first-order chi connectivity index (χ1) is 23.3. The van der Waals surface area contributed by atoms with Gasteiger partial charge in [0.15, 0.2) is 11.5 Å². The van der Waals surface area contributed by atoms with Crippen molar-refractivity contribution in [3.63, 3.8) is 0 Å². The molecule has 0 radical (unpaired) electrons. The van der Waals surface area contributed by atoms with Gasteiger partial charge in [-0.3, -0.25) is 4.18 Å². The highest BCUT2D eigenvalue weighted by Gasteiger charge is 2.20. The molecule has 8 nitrogen and oxygen atoms in total. The zero-order chi connectivity index (χ0) is 35.3. The number of hydrogen-bond acceptors (Lipinski definition) is 8. The number of hydrogen-bond donors (Lipinski definition) is 0. The molecular weight excluding hydrogens is 652 g/mol. The van der Waals surface area contributed by atoms with Crippen LogP contribution in [0.3, 0.4) is 0 Å². The highest BCUT2D eigenvalue weighted by atomic mass is 32.2. The zero-order valence-electron chi connectivity index (χ0n) is 28.7. The Kier molecular flexibility index (Phi) is 11.5. The van der Waals surface area contributed by atoms with E-state index in [9.17, 15) is 17.2 Å². The van der Waals surface area contributed by atoms with Gasteiger partial charge in [-0.1, -0.05) is 24.3 Å². The van der Waals surface area contributed by atoms with Gasteiger partial charge in [0.05, 0.1) is 11.9 Å². The van der Waals surface area contributed by atoms with Gasteiger partial charge in [0.1, 0.15) is 49.1 Å². The largest absolute Gasteiger partial charge is 0.488 e. The van der Waals surface area contributed by atoms with Crippen LogP contribution in [0.2, 0.25) is 0 Å². The normalized spacial score (nSPS) is 14.4. The summed E-state index contributed by atoms with van der Waals surface area (Å²) in [5.74, 6) is 0.907. The first kappa shape index (κ1) is 36.1. The topological polar surface area (TPSA) is 83.5 Å². The molecule has 0 fully saturated rings. The standard InChI is InChI=1S/C38H43F2NO7S/c1-24(2)48-49(42,43)15-14-41(6)20-31-16-25(3)36(19-37(31)46-23-30-10-12-32(39)18-34(30)40)45-22-29-8-7-9-33(27(29)5)28-11-13-35-38(17-28)47-26(4)21-44-35/h7-13,16-19,24,26H,14-15,20-23H2,1-6H3/t26-/m1/s1. The molecule has 0 aromatic heterocycles. The summed E-state index contributed by atoms with van der Waals surface area (Å²) >= 11 is 0. The summed E-state index contributed by atoms with van der Waals surface area (Å²) in [5, 5.41) is 0. The van der Waals surface area contributed by atoms with Crippen LogP contribution in [0.1, 0.15) is 48.6 Å². The average molecular weight is 696 g/mol. The van der Waals surface area contributed by atoms with Crippen molar-refractivity contribution in [1.82, 2.24) is 4.90 Å². The van der Waals surface area contributed by atoms with Gasteiger partial charge < -0.3 is 23.8 Å². The fourth-order valence-corrected chi connectivity index (χ4v) is 6.79.